The Morgan fingerprint density at radius 3 is 2.53 bits per heavy atom. The number of hydrogen-bond acceptors (Lipinski definition) is 2. The van der Waals surface area contributed by atoms with E-state index >= 15 is 0 Å². The van der Waals surface area contributed by atoms with Gasteiger partial charge in [0.1, 0.15) is 0 Å². The Bertz CT molecular complexity index is 503. The lowest BCUT2D eigenvalue weighted by Gasteiger charge is -2.21. The molecule has 0 aliphatic rings. The first-order valence-corrected chi connectivity index (χ1v) is 6.83. The topological polar surface area (TPSA) is 66.4 Å². The zero-order chi connectivity index (χ0) is 14.6. The third-order valence-electron chi connectivity index (χ3n) is 2.47. The zero-order valence-electron chi connectivity index (χ0n) is 10.7. The van der Waals surface area contributed by atoms with E-state index in [-0.39, 0.29) is 18.7 Å². The van der Waals surface area contributed by atoms with Crippen molar-refractivity contribution in [3.63, 3.8) is 0 Å². The summed E-state index contributed by atoms with van der Waals surface area (Å²) in [5.41, 5.74) is 0.0231. The predicted octanol–water partition coefficient (Wildman–Crippen LogP) is 3.93. The first-order chi connectivity index (χ1) is 8.69. The molecule has 0 fully saturated rings. The molecule has 2 N–H and O–H groups in total. The fraction of sp³-hybridized carbons (Fsp3) is 0.385. The summed E-state index contributed by atoms with van der Waals surface area (Å²) in [6, 6.07) is 5.04. The van der Waals surface area contributed by atoms with Gasteiger partial charge in [0.05, 0.1) is 12.1 Å². The number of anilines is 1. The number of hydrogen-bond donors (Lipinski definition) is 2. The third kappa shape index (κ3) is 5.61. The quantitative estimate of drug-likeness (QED) is 0.847. The first-order valence-electron chi connectivity index (χ1n) is 5.66. The fourth-order valence-electron chi connectivity index (χ4n) is 1.69. The van der Waals surface area contributed by atoms with E-state index < -0.39 is 11.4 Å². The summed E-state index contributed by atoms with van der Waals surface area (Å²) in [5.74, 6) is -1.14. The van der Waals surface area contributed by atoms with Crippen LogP contribution in [0.1, 0.15) is 26.7 Å². The van der Waals surface area contributed by atoms with E-state index in [4.69, 9.17) is 16.7 Å². The van der Waals surface area contributed by atoms with Crippen LogP contribution in [0, 0.1) is 5.41 Å². The molecule has 1 aromatic rings. The van der Waals surface area contributed by atoms with E-state index in [9.17, 15) is 9.59 Å². The smallest absolute Gasteiger partial charge is 0.303 e. The van der Waals surface area contributed by atoms with Crippen LogP contribution in [0.2, 0.25) is 5.02 Å². The van der Waals surface area contributed by atoms with Gasteiger partial charge < -0.3 is 10.4 Å². The molecule has 0 bridgehead atoms. The molecule has 4 nitrogen and oxygen atoms in total. The number of benzene rings is 1. The van der Waals surface area contributed by atoms with Crippen molar-refractivity contribution in [2.75, 3.05) is 5.32 Å². The summed E-state index contributed by atoms with van der Waals surface area (Å²) in [6.07, 6.45) is 0.0799. The molecule has 1 rings (SSSR count). The fourth-order valence-corrected chi connectivity index (χ4v) is 2.47. The van der Waals surface area contributed by atoms with Gasteiger partial charge in [-0.05, 0) is 39.5 Å². The van der Waals surface area contributed by atoms with E-state index in [2.05, 4.69) is 21.2 Å². The lowest BCUT2D eigenvalue weighted by Crippen LogP contribution is -2.24. The van der Waals surface area contributed by atoms with Crippen molar-refractivity contribution in [2.24, 2.45) is 5.41 Å². The van der Waals surface area contributed by atoms with Crippen molar-refractivity contribution in [3.8, 4) is 0 Å². The first kappa shape index (κ1) is 16.0. The van der Waals surface area contributed by atoms with Gasteiger partial charge in [0, 0.05) is 15.9 Å². The highest BCUT2D eigenvalue weighted by atomic mass is 79.9. The van der Waals surface area contributed by atoms with Crippen LogP contribution in [0.25, 0.3) is 0 Å². The Morgan fingerprint density at radius 1 is 1.37 bits per heavy atom. The second-order valence-corrected chi connectivity index (χ2v) is 6.37. The molecule has 0 aliphatic carbocycles. The van der Waals surface area contributed by atoms with Gasteiger partial charge in [0.25, 0.3) is 0 Å². The molecule has 104 valence electrons. The maximum absolute atomic E-state index is 11.9. The van der Waals surface area contributed by atoms with Crippen LogP contribution in [0.3, 0.4) is 0 Å². The van der Waals surface area contributed by atoms with Crippen LogP contribution in [-0.4, -0.2) is 17.0 Å². The van der Waals surface area contributed by atoms with Crippen LogP contribution >= 0.6 is 27.5 Å². The molecule has 0 aliphatic heterocycles. The average molecular weight is 349 g/mol. The molecule has 0 saturated carbocycles. The van der Waals surface area contributed by atoms with Crippen molar-refractivity contribution in [1.82, 2.24) is 0 Å². The van der Waals surface area contributed by atoms with Gasteiger partial charge in [-0.15, -0.1) is 0 Å². The molecule has 0 heterocycles. The summed E-state index contributed by atoms with van der Waals surface area (Å²) in [5, 5.41) is 12.1. The summed E-state index contributed by atoms with van der Waals surface area (Å²) in [7, 11) is 0. The van der Waals surface area contributed by atoms with Gasteiger partial charge in [0.15, 0.2) is 0 Å². The van der Waals surface area contributed by atoms with Crippen LogP contribution in [0.4, 0.5) is 5.69 Å². The Labute approximate surface area is 125 Å². The van der Waals surface area contributed by atoms with Crippen LogP contribution in [0.5, 0.6) is 0 Å². The highest BCUT2D eigenvalue weighted by Gasteiger charge is 2.25. The standard InChI is InChI=1S/C13H15BrClNO3/c1-13(2,7-12(18)19)6-11(17)16-10-4-3-8(15)5-9(10)14/h3-5H,6-7H2,1-2H3,(H,16,17)(H,18,19). The second-order valence-electron chi connectivity index (χ2n) is 5.08. The average Bonchev–Trinajstić information content (AvgIpc) is 2.19. The molecule has 0 saturated heterocycles. The van der Waals surface area contributed by atoms with Crippen LogP contribution in [0.15, 0.2) is 22.7 Å². The second kappa shape index (κ2) is 6.39. The van der Waals surface area contributed by atoms with E-state index in [0.29, 0.717) is 15.2 Å². The van der Waals surface area contributed by atoms with E-state index in [1.54, 1.807) is 32.0 Å². The SMILES string of the molecule is CC(C)(CC(=O)O)CC(=O)Nc1ccc(Cl)cc1Br. The third-order valence-corrected chi connectivity index (χ3v) is 3.37. The van der Waals surface area contributed by atoms with E-state index in [1.165, 1.54) is 0 Å². The number of nitrogens with one attached hydrogen (secondary N) is 1. The minimum atomic E-state index is -0.912. The number of aliphatic carboxylic acids is 1. The lowest BCUT2D eigenvalue weighted by molar-refractivity contribution is -0.139. The Balaban J connectivity index is 2.67. The zero-order valence-corrected chi connectivity index (χ0v) is 13.0. The summed E-state index contributed by atoms with van der Waals surface area (Å²) in [6.45, 7) is 3.50. The van der Waals surface area contributed by atoms with Crippen molar-refractivity contribution in [1.29, 1.82) is 0 Å². The van der Waals surface area contributed by atoms with Crippen LogP contribution < -0.4 is 5.32 Å². The molecule has 6 heteroatoms. The molecule has 1 aromatic carbocycles. The summed E-state index contributed by atoms with van der Waals surface area (Å²) < 4.78 is 0.685. The minimum absolute atomic E-state index is 0.0534. The molecule has 19 heavy (non-hydrogen) atoms. The van der Waals surface area contributed by atoms with E-state index in [1.807, 2.05) is 0 Å². The highest BCUT2D eigenvalue weighted by molar-refractivity contribution is 9.10. The molecule has 0 unspecified atom stereocenters. The number of carboxylic acids is 1. The van der Waals surface area contributed by atoms with Crippen molar-refractivity contribution in [2.45, 2.75) is 26.7 Å². The molecular weight excluding hydrogens is 334 g/mol. The maximum Gasteiger partial charge on any atom is 0.303 e. The Hall–Kier alpha value is -1.07. The van der Waals surface area contributed by atoms with Gasteiger partial charge in [0.2, 0.25) is 5.91 Å². The normalized spacial score (nSPS) is 11.2. The van der Waals surface area contributed by atoms with Crippen molar-refractivity contribution in [3.05, 3.63) is 27.7 Å². The summed E-state index contributed by atoms with van der Waals surface area (Å²) >= 11 is 9.11. The monoisotopic (exact) mass is 347 g/mol. The maximum atomic E-state index is 11.9. The van der Waals surface area contributed by atoms with E-state index in [0.717, 1.165) is 0 Å². The molecule has 0 spiro atoms. The Morgan fingerprint density at radius 2 is 2.00 bits per heavy atom. The van der Waals surface area contributed by atoms with Gasteiger partial charge in [-0.2, -0.15) is 0 Å². The van der Waals surface area contributed by atoms with Crippen molar-refractivity contribution < 1.29 is 14.7 Å². The predicted molar refractivity (Wildman–Crippen MR) is 78.4 cm³/mol. The van der Waals surface area contributed by atoms with Gasteiger partial charge >= 0.3 is 5.97 Å². The molecule has 0 aromatic heterocycles. The molecular formula is C13H15BrClNO3. The molecule has 0 radical (unpaired) electrons. The summed E-state index contributed by atoms with van der Waals surface area (Å²) in [4.78, 5) is 22.6. The van der Waals surface area contributed by atoms with Gasteiger partial charge in [-0.25, -0.2) is 0 Å². The Kier molecular flexibility index (Phi) is 5.38. The highest BCUT2D eigenvalue weighted by Crippen LogP contribution is 2.28. The van der Waals surface area contributed by atoms with Crippen molar-refractivity contribution >= 4 is 45.1 Å². The van der Waals surface area contributed by atoms with Crippen LogP contribution in [-0.2, 0) is 9.59 Å². The largest absolute Gasteiger partial charge is 0.481 e. The molecule has 0 atom stereocenters. The van der Waals surface area contributed by atoms with Gasteiger partial charge in [-0.3, -0.25) is 9.59 Å². The number of carboxylic acid groups (broad SMARTS) is 1. The number of carbonyl (C=O) groups is 2. The number of amides is 1. The molecule has 1 amide bonds. The number of rotatable bonds is 5. The van der Waals surface area contributed by atoms with Gasteiger partial charge in [-0.1, -0.05) is 25.4 Å². The minimum Gasteiger partial charge on any atom is -0.481 e. The number of carbonyl (C=O) groups excluding carboxylic acids is 1. The lowest BCUT2D eigenvalue weighted by atomic mass is 9.85. The number of halogens is 2.